The summed E-state index contributed by atoms with van der Waals surface area (Å²) in [5.74, 6) is -2.25. The molecule has 0 rings (SSSR count). The van der Waals surface area contributed by atoms with Crippen molar-refractivity contribution in [2.75, 3.05) is 0 Å². The van der Waals surface area contributed by atoms with Crippen molar-refractivity contribution < 1.29 is 26.3 Å². The van der Waals surface area contributed by atoms with Gasteiger partial charge in [-0.25, -0.2) is 0 Å². The van der Waals surface area contributed by atoms with Crippen molar-refractivity contribution >= 4 is 0 Å². The lowest BCUT2D eigenvalue weighted by Gasteiger charge is -2.20. The fraction of sp³-hybridized carbons (Fsp3) is 1.00. The monoisotopic (exact) mass is 208 g/mol. The first-order valence-corrected chi connectivity index (χ1v) is 3.80. The van der Waals surface area contributed by atoms with Crippen molar-refractivity contribution in [1.82, 2.24) is 0 Å². The van der Waals surface area contributed by atoms with Gasteiger partial charge in [0.15, 0.2) is 0 Å². The highest BCUT2D eigenvalue weighted by molar-refractivity contribution is 4.70. The molecule has 0 saturated carbocycles. The molecule has 0 aromatic heterocycles. The van der Waals surface area contributed by atoms with E-state index in [-0.39, 0.29) is 6.42 Å². The first-order chi connectivity index (χ1) is 5.67. The molecule has 6 heteroatoms. The molecule has 0 aliphatic rings. The van der Waals surface area contributed by atoms with Crippen molar-refractivity contribution in [2.24, 2.45) is 5.92 Å². The Bertz CT molecular complexity index is 144. The molecule has 0 aliphatic carbocycles. The Morgan fingerprint density at radius 1 is 1.00 bits per heavy atom. The van der Waals surface area contributed by atoms with Gasteiger partial charge in [0, 0.05) is 0 Å². The van der Waals surface area contributed by atoms with Crippen LogP contribution in [0.3, 0.4) is 0 Å². The van der Waals surface area contributed by atoms with Crippen molar-refractivity contribution in [2.45, 2.75) is 38.5 Å². The van der Waals surface area contributed by atoms with Crippen LogP contribution in [0.25, 0.3) is 0 Å². The summed E-state index contributed by atoms with van der Waals surface area (Å²) in [6.45, 7) is 1.43. The molecule has 1 atom stereocenters. The fourth-order valence-electron chi connectivity index (χ4n) is 1.01. The Hall–Kier alpha value is -0.420. The van der Waals surface area contributed by atoms with Gasteiger partial charge in [-0.3, -0.25) is 0 Å². The van der Waals surface area contributed by atoms with Gasteiger partial charge in [-0.2, -0.15) is 26.3 Å². The van der Waals surface area contributed by atoms with E-state index in [0.717, 1.165) is 0 Å². The van der Waals surface area contributed by atoms with E-state index in [1.807, 2.05) is 0 Å². The van der Waals surface area contributed by atoms with Crippen LogP contribution in [0.4, 0.5) is 26.3 Å². The average molecular weight is 208 g/mol. The molecule has 0 nitrogen and oxygen atoms in total. The van der Waals surface area contributed by atoms with E-state index < -0.39 is 31.1 Å². The molecule has 0 aromatic rings. The lowest BCUT2D eigenvalue weighted by atomic mass is 9.99. The SMILES string of the molecule is CCCC(CC(F)(F)F)C(F)(F)F. The highest BCUT2D eigenvalue weighted by atomic mass is 19.4. The van der Waals surface area contributed by atoms with Crippen LogP contribution >= 0.6 is 0 Å². The third-order valence-corrected chi connectivity index (χ3v) is 1.58. The molecule has 13 heavy (non-hydrogen) atoms. The van der Waals surface area contributed by atoms with E-state index in [1.165, 1.54) is 6.92 Å². The number of hydrogen-bond acceptors (Lipinski definition) is 0. The lowest BCUT2D eigenvalue weighted by molar-refractivity contribution is -0.220. The Labute approximate surface area is 71.9 Å². The van der Waals surface area contributed by atoms with E-state index in [9.17, 15) is 26.3 Å². The summed E-state index contributed by atoms with van der Waals surface area (Å²) in [7, 11) is 0. The Morgan fingerprint density at radius 2 is 1.46 bits per heavy atom. The molecule has 0 bridgehead atoms. The highest BCUT2D eigenvalue weighted by Gasteiger charge is 2.45. The highest BCUT2D eigenvalue weighted by Crippen LogP contribution is 2.38. The number of alkyl halides is 6. The molecule has 0 fully saturated rings. The zero-order chi connectivity index (χ0) is 10.7. The van der Waals surface area contributed by atoms with Crippen LogP contribution < -0.4 is 0 Å². The van der Waals surface area contributed by atoms with Gasteiger partial charge in [0.2, 0.25) is 0 Å². The van der Waals surface area contributed by atoms with Gasteiger partial charge in [-0.1, -0.05) is 13.3 Å². The summed E-state index contributed by atoms with van der Waals surface area (Å²) >= 11 is 0. The molecule has 0 radical (unpaired) electrons. The van der Waals surface area contributed by atoms with Gasteiger partial charge >= 0.3 is 12.4 Å². The number of rotatable bonds is 3. The summed E-state index contributed by atoms with van der Waals surface area (Å²) in [5, 5.41) is 0. The van der Waals surface area contributed by atoms with Crippen LogP contribution in [0.2, 0.25) is 0 Å². The van der Waals surface area contributed by atoms with E-state index >= 15 is 0 Å². The summed E-state index contributed by atoms with van der Waals surface area (Å²) < 4.78 is 70.8. The first kappa shape index (κ1) is 12.6. The van der Waals surface area contributed by atoms with Gasteiger partial charge in [-0.15, -0.1) is 0 Å². The van der Waals surface area contributed by atoms with Crippen LogP contribution in [-0.4, -0.2) is 12.4 Å². The zero-order valence-electron chi connectivity index (χ0n) is 6.97. The molecule has 0 spiro atoms. The fourth-order valence-corrected chi connectivity index (χ4v) is 1.01. The molecular formula is C7H10F6. The minimum atomic E-state index is -4.74. The van der Waals surface area contributed by atoms with E-state index in [4.69, 9.17) is 0 Å². The minimum absolute atomic E-state index is 0.0975. The van der Waals surface area contributed by atoms with Crippen molar-refractivity contribution in [3.63, 3.8) is 0 Å². The molecule has 0 heterocycles. The van der Waals surface area contributed by atoms with Crippen molar-refractivity contribution in [3.05, 3.63) is 0 Å². The predicted octanol–water partition coefficient (Wildman–Crippen LogP) is 3.92. The maximum Gasteiger partial charge on any atom is 0.392 e. The van der Waals surface area contributed by atoms with Gasteiger partial charge in [0.1, 0.15) is 0 Å². The van der Waals surface area contributed by atoms with E-state index in [1.54, 1.807) is 0 Å². The predicted molar refractivity (Wildman–Crippen MR) is 35.1 cm³/mol. The maximum atomic E-state index is 11.9. The molecule has 0 N–H and O–H groups in total. The molecule has 0 aromatic carbocycles. The summed E-state index contributed by atoms with van der Waals surface area (Å²) in [5.41, 5.74) is 0. The first-order valence-electron chi connectivity index (χ1n) is 3.80. The van der Waals surface area contributed by atoms with Gasteiger partial charge in [0.25, 0.3) is 0 Å². The van der Waals surface area contributed by atoms with Crippen LogP contribution in [0.1, 0.15) is 26.2 Å². The summed E-state index contributed by atoms with van der Waals surface area (Å²) in [6.07, 6.45) is -11.6. The lowest BCUT2D eigenvalue weighted by Crippen LogP contribution is -2.28. The van der Waals surface area contributed by atoms with Crippen molar-refractivity contribution in [3.8, 4) is 0 Å². The second-order valence-electron chi connectivity index (χ2n) is 2.85. The standard InChI is InChI=1S/C7H10F6/c1-2-3-5(7(11,12)13)4-6(8,9)10/h5H,2-4H2,1H3. The molecule has 0 amide bonds. The third-order valence-electron chi connectivity index (χ3n) is 1.58. The Balaban J connectivity index is 4.27. The van der Waals surface area contributed by atoms with E-state index in [2.05, 4.69) is 0 Å². The quantitative estimate of drug-likeness (QED) is 0.616. The van der Waals surface area contributed by atoms with E-state index in [0.29, 0.717) is 0 Å². The van der Waals surface area contributed by atoms with Crippen molar-refractivity contribution in [1.29, 1.82) is 0 Å². The number of hydrogen-bond donors (Lipinski definition) is 0. The molecule has 0 aliphatic heterocycles. The second kappa shape index (κ2) is 4.19. The van der Waals surface area contributed by atoms with Crippen LogP contribution in [0.5, 0.6) is 0 Å². The largest absolute Gasteiger partial charge is 0.392 e. The van der Waals surface area contributed by atoms with Gasteiger partial charge in [0.05, 0.1) is 12.3 Å². The van der Waals surface area contributed by atoms with Crippen LogP contribution in [0.15, 0.2) is 0 Å². The zero-order valence-corrected chi connectivity index (χ0v) is 6.97. The minimum Gasteiger partial charge on any atom is -0.171 e. The molecular weight excluding hydrogens is 198 g/mol. The van der Waals surface area contributed by atoms with Gasteiger partial charge in [-0.05, 0) is 6.42 Å². The average Bonchev–Trinajstić information content (AvgIpc) is 1.81. The second-order valence-corrected chi connectivity index (χ2v) is 2.85. The Kier molecular flexibility index (Phi) is 4.06. The summed E-state index contributed by atoms with van der Waals surface area (Å²) in [4.78, 5) is 0. The smallest absolute Gasteiger partial charge is 0.171 e. The summed E-state index contributed by atoms with van der Waals surface area (Å²) in [6, 6.07) is 0. The normalized spacial score (nSPS) is 15.9. The number of halogens is 6. The molecule has 0 saturated heterocycles. The third kappa shape index (κ3) is 5.76. The molecule has 80 valence electrons. The van der Waals surface area contributed by atoms with Crippen LogP contribution in [0, 0.1) is 5.92 Å². The Morgan fingerprint density at radius 3 is 1.69 bits per heavy atom. The topological polar surface area (TPSA) is 0 Å². The van der Waals surface area contributed by atoms with Gasteiger partial charge < -0.3 is 0 Å². The maximum absolute atomic E-state index is 11.9. The van der Waals surface area contributed by atoms with Crippen LogP contribution in [-0.2, 0) is 0 Å². The molecule has 1 unspecified atom stereocenters.